The fourth-order valence-corrected chi connectivity index (χ4v) is 2.35. The molecule has 0 heterocycles. The lowest BCUT2D eigenvalue weighted by molar-refractivity contribution is -0.151. The quantitative estimate of drug-likeness (QED) is 0.695. The molecular weight excluding hydrogens is 244 g/mol. The molecule has 6 heteroatoms. The van der Waals surface area contributed by atoms with Gasteiger partial charge in [0.15, 0.2) is 9.84 Å². The molecule has 0 spiro atoms. The number of hydrogen-bond acceptors (Lipinski definition) is 5. The van der Waals surface area contributed by atoms with Crippen molar-refractivity contribution in [1.82, 2.24) is 0 Å². The molecule has 0 aromatic heterocycles. The van der Waals surface area contributed by atoms with Gasteiger partial charge in [0.25, 0.3) is 0 Å². The van der Waals surface area contributed by atoms with E-state index < -0.39 is 38.2 Å². The molecule has 0 aromatic rings. The SMILES string of the molecule is CCC(=O)C(C)S(=O)(=O)CC(=O)OC(C)(C)C. The first-order valence-corrected chi connectivity index (χ1v) is 7.17. The van der Waals surface area contributed by atoms with Crippen LogP contribution in [0.15, 0.2) is 0 Å². The predicted octanol–water partition coefficient (Wildman–Crippen LogP) is 1.11. The smallest absolute Gasteiger partial charge is 0.321 e. The Morgan fingerprint density at radius 3 is 2.06 bits per heavy atom. The summed E-state index contributed by atoms with van der Waals surface area (Å²) >= 11 is 0. The maximum absolute atomic E-state index is 11.7. The highest BCUT2D eigenvalue weighted by Crippen LogP contribution is 2.11. The molecule has 1 atom stereocenters. The van der Waals surface area contributed by atoms with E-state index in [9.17, 15) is 18.0 Å². The van der Waals surface area contributed by atoms with Crippen molar-refractivity contribution >= 4 is 21.6 Å². The average molecular weight is 264 g/mol. The first kappa shape index (κ1) is 16.1. The van der Waals surface area contributed by atoms with Gasteiger partial charge in [-0.15, -0.1) is 0 Å². The van der Waals surface area contributed by atoms with Gasteiger partial charge < -0.3 is 4.74 Å². The van der Waals surface area contributed by atoms with Gasteiger partial charge in [-0.05, 0) is 27.7 Å². The van der Waals surface area contributed by atoms with Gasteiger partial charge >= 0.3 is 5.97 Å². The zero-order valence-electron chi connectivity index (χ0n) is 10.9. The summed E-state index contributed by atoms with van der Waals surface area (Å²) in [5.74, 6) is -1.97. The third-order valence-electron chi connectivity index (χ3n) is 2.08. The maximum Gasteiger partial charge on any atom is 0.321 e. The molecule has 0 rings (SSSR count). The Morgan fingerprint density at radius 2 is 1.71 bits per heavy atom. The number of Topliss-reactive ketones (excluding diaryl/α,β-unsaturated/α-hetero) is 1. The molecule has 17 heavy (non-hydrogen) atoms. The van der Waals surface area contributed by atoms with E-state index in [1.165, 1.54) is 6.92 Å². The van der Waals surface area contributed by atoms with Gasteiger partial charge in [-0.25, -0.2) is 8.42 Å². The fourth-order valence-electron chi connectivity index (χ4n) is 1.15. The van der Waals surface area contributed by atoms with Crippen molar-refractivity contribution in [3.8, 4) is 0 Å². The van der Waals surface area contributed by atoms with Crippen LogP contribution in [0.3, 0.4) is 0 Å². The Morgan fingerprint density at radius 1 is 1.24 bits per heavy atom. The van der Waals surface area contributed by atoms with E-state index in [-0.39, 0.29) is 6.42 Å². The number of ketones is 1. The molecule has 0 aromatic carbocycles. The second-order valence-electron chi connectivity index (χ2n) is 4.86. The van der Waals surface area contributed by atoms with Crippen molar-refractivity contribution in [2.75, 3.05) is 5.75 Å². The lowest BCUT2D eigenvalue weighted by atomic mass is 10.2. The summed E-state index contributed by atoms with van der Waals surface area (Å²) in [5, 5.41) is -1.15. The van der Waals surface area contributed by atoms with Crippen molar-refractivity contribution in [2.45, 2.75) is 51.9 Å². The predicted molar refractivity (Wildman–Crippen MR) is 64.4 cm³/mol. The number of hydrogen-bond donors (Lipinski definition) is 0. The molecule has 5 nitrogen and oxygen atoms in total. The van der Waals surface area contributed by atoms with E-state index in [2.05, 4.69) is 0 Å². The van der Waals surface area contributed by atoms with E-state index in [0.717, 1.165) is 0 Å². The molecule has 0 aliphatic heterocycles. The van der Waals surface area contributed by atoms with Crippen LogP contribution < -0.4 is 0 Å². The van der Waals surface area contributed by atoms with Gasteiger partial charge in [0, 0.05) is 6.42 Å². The molecule has 0 amide bonds. The van der Waals surface area contributed by atoms with E-state index in [1.807, 2.05) is 0 Å². The molecule has 0 fully saturated rings. The zero-order valence-corrected chi connectivity index (χ0v) is 11.8. The van der Waals surface area contributed by atoms with Crippen molar-refractivity contribution in [1.29, 1.82) is 0 Å². The largest absolute Gasteiger partial charge is 0.459 e. The van der Waals surface area contributed by atoms with E-state index in [0.29, 0.717) is 0 Å². The summed E-state index contributed by atoms with van der Waals surface area (Å²) in [6, 6.07) is 0. The second kappa shape index (κ2) is 5.62. The fraction of sp³-hybridized carbons (Fsp3) is 0.818. The summed E-state index contributed by atoms with van der Waals surface area (Å²) in [5.41, 5.74) is -0.732. The lowest BCUT2D eigenvalue weighted by Gasteiger charge is -2.20. The minimum atomic E-state index is -3.77. The van der Waals surface area contributed by atoms with E-state index in [4.69, 9.17) is 4.74 Å². The highest BCUT2D eigenvalue weighted by atomic mass is 32.2. The van der Waals surface area contributed by atoms with E-state index >= 15 is 0 Å². The molecule has 0 bridgehead atoms. The highest BCUT2D eigenvalue weighted by Gasteiger charge is 2.31. The van der Waals surface area contributed by atoms with E-state index in [1.54, 1.807) is 27.7 Å². The molecular formula is C11H20O5S. The number of carbonyl (C=O) groups excluding carboxylic acids is 2. The summed E-state index contributed by atoms with van der Waals surface area (Å²) in [6.45, 7) is 7.84. The number of ether oxygens (including phenoxy) is 1. The van der Waals surface area contributed by atoms with Gasteiger partial charge in [-0.2, -0.15) is 0 Å². The molecule has 1 unspecified atom stereocenters. The topological polar surface area (TPSA) is 77.5 Å². The van der Waals surface area contributed by atoms with Gasteiger partial charge in [-0.1, -0.05) is 6.92 Å². The third-order valence-corrected chi connectivity index (χ3v) is 4.06. The molecule has 0 saturated carbocycles. The molecule has 0 N–H and O–H groups in total. The van der Waals surface area contributed by atoms with Gasteiger partial charge in [0.1, 0.15) is 22.4 Å². The van der Waals surface area contributed by atoms with Gasteiger partial charge in [0.05, 0.1) is 0 Å². The standard InChI is InChI=1S/C11H20O5S/c1-6-9(12)8(2)17(14,15)7-10(13)16-11(3,4)5/h8H,6-7H2,1-5H3. The number of rotatable bonds is 5. The first-order valence-electron chi connectivity index (χ1n) is 5.45. The minimum Gasteiger partial charge on any atom is -0.459 e. The number of sulfone groups is 1. The Bertz CT molecular complexity index is 389. The Labute approximate surface area is 102 Å². The summed E-state index contributed by atoms with van der Waals surface area (Å²) in [4.78, 5) is 22.7. The van der Waals surface area contributed by atoms with Crippen LogP contribution in [-0.4, -0.2) is 36.8 Å². The third kappa shape index (κ3) is 5.81. The van der Waals surface area contributed by atoms with Crippen molar-refractivity contribution in [2.24, 2.45) is 0 Å². The zero-order chi connectivity index (χ0) is 13.9. The normalized spacial score (nSPS) is 14.2. The lowest BCUT2D eigenvalue weighted by Crippen LogP contribution is -2.35. The molecule has 0 aliphatic rings. The number of esters is 1. The number of carbonyl (C=O) groups is 2. The summed E-state index contributed by atoms with van der Waals surface area (Å²) < 4.78 is 28.3. The Balaban J connectivity index is 4.67. The summed E-state index contributed by atoms with van der Waals surface area (Å²) in [6.07, 6.45) is 0.134. The Kier molecular flexibility index (Phi) is 5.32. The van der Waals surface area contributed by atoms with Crippen molar-refractivity contribution in [3.63, 3.8) is 0 Å². The summed E-state index contributed by atoms with van der Waals surface area (Å²) in [7, 11) is -3.77. The van der Waals surface area contributed by atoms with Crippen LogP contribution in [0.2, 0.25) is 0 Å². The van der Waals surface area contributed by atoms with Crippen LogP contribution in [-0.2, 0) is 24.2 Å². The average Bonchev–Trinajstić information content (AvgIpc) is 2.11. The van der Waals surface area contributed by atoms with Gasteiger partial charge in [0.2, 0.25) is 0 Å². The van der Waals surface area contributed by atoms with Gasteiger partial charge in [-0.3, -0.25) is 9.59 Å². The Hall–Kier alpha value is -0.910. The molecule has 0 saturated heterocycles. The van der Waals surface area contributed by atoms with Crippen LogP contribution in [0.4, 0.5) is 0 Å². The molecule has 0 radical (unpaired) electrons. The second-order valence-corrected chi connectivity index (χ2v) is 7.18. The first-order chi connectivity index (χ1) is 7.49. The molecule has 0 aliphatic carbocycles. The van der Waals surface area contributed by atoms with Crippen LogP contribution >= 0.6 is 0 Å². The van der Waals surface area contributed by atoms with Crippen LogP contribution in [0, 0.1) is 0 Å². The maximum atomic E-state index is 11.7. The van der Waals surface area contributed by atoms with Crippen LogP contribution in [0.25, 0.3) is 0 Å². The minimum absolute atomic E-state index is 0.134. The molecule has 100 valence electrons. The monoisotopic (exact) mass is 264 g/mol. The van der Waals surface area contributed by atoms with Crippen LogP contribution in [0.5, 0.6) is 0 Å². The highest BCUT2D eigenvalue weighted by molar-refractivity contribution is 7.93. The van der Waals surface area contributed by atoms with Crippen LogP contribution in [0.1, 0.15) is 41.0 Å². The van der Waals surface area contributed by atoms with Crippen molar-refractivity contribution < 1.29 is 22.7 Å². The van der Waals surface area contributed by atoms with Crippen molar-refractivity contribution in [3.05, 3.63) is 0 Å².